The largest absolute Gasteiger partial charge is 0.271 e. The third-order valence-corrected chi connectivity index (χ3v) is 3.97. The first-order valence-corrected chi connectivity index (χ1v) is 7.13. The minimum absolute atomic E-state index is 0.0895. The maximum atomic E-state index is 5.69. The highest BCUT2D eigenvalue weighted by atomic mass is 32.1. The first-order chi connectivity index (χ1) is 9.36. The third-order valence-electron chi connectivity index (χ3n) is 3.24. The molecule has 0 bridgehead atoms. The van der Waals surface area contributed by atoms with Crippen LogP contribution in [0.4, 0.5) is 0 Å². The van der Waals surface area contributed by atoms with E-state index >= 15 is 0 Å². The van der Waals surface area contributed by atoms with Crippen molar-refractivity contribution in [2.75, 3.05) is 0 Å². The molecule has 1 unspecified atom stereocenters. The number of fused-ring (bicyclic) bond motifs is 1. The number of nitrogens with two attached hydrogens (primary N) is 1. The molecule has 0 saturated heterocycles. The first-order valence-electron chi connectivity index (χ1n) is 6.19. The van der Waals surface area contributed by atoms with Gasteiger partial charge in [0.05, 0.1) is 11.6 Å². The Balaban J connectivity index is 1.92. The molecule has 19 heavy (non-hydrogen) atoms. The molecule has 1 atom stereocenters. The van der Waals surface area contributed by atoms with Crippen LogP contribution in [0.15, 0.2) is 53.4 Å². The van der Waals surface area contributed by atoms with E-state index in [-0.39, 0.29) is 6.04 Å². The summed E-state index contributed by atoms with van der Waals surface area (Å²) in [6.07, 6.45) is 2.78. The van der Waals surface area contributed by atoms with Crippen molar-refractivity contribution >= 4 is 22.2 Å². The number of hydrogen-bond donors (Lipinski definition) is 2. The molecule has 0 amide bonds. The number of para-hydroxylation sites is 1. The Labute approximate surface area is 116 Å². The average Bonchev–Trinajstić information content (AvgIpc) is 2.97. The van der Waals surface area contributed by atoms with E-state index in [9.17, 15) is 0 Å². The lowest BCUT2D eigenvalue weighted by Crippen LogP contribution is -2.29. The van der Waals surface area contributed by atoms with Gasteiger partial charge in [-0.25, -0.2) is 0 Å². The number of pyridine rings is 1. The second kappa shape index (κ2) is 5.48. The summed E-state index contributed by atoms with van der Waals surface area (Å²) in [6.45, 7) is 0. The van der Waals surface area contributed by atoms with Crippen molar-refractivity contribution in [1.29, 1.82) is 0 Å². The summed E-state index contributed by atoms with van der Waals surface area (Å²) in [6, 6.07) is 12.5. The van der Waals surface area contributed by atoms with Crippen LogP contribution in [0.1, 0.15) is 17.2 Å². The van der Waals surface area contributed by atoms with E-state index in [2.05, 4.69) is 39.4 Å². The number of nitrogens with one attached hydrogen (secondary N) is 1. The lowest BCUT2D eigenvalue weighted by Gasteiger charge is -2.15. The van der Waals surface area contributed by atoms with Gasteiger partial charge in [-0.1, -0.05) is 18.2 Å². The van der Waals surface area contributed by atoms with Crippen molar-refractivity contribution in [2.45, 2.75) is 12.5 Å². The number of benzene rings is 1. The molecule has 96 valence electrons. The molecular formula is C15H15N3S. The molecule has 0 saturated carbocycles. The van der Waals surface area contributed by atoms with Crippen molar-refractivity contribution in [3.05, 3.63) is 64.5 Å². The molecule has 0 aliphatic rings. The van der Waals surface area contributed by atoms with E-state index in [1.54, 1.807) is 11.3 Å². The van der Waals surface area contributed by atoms with Crippen LogP contribution in [0.2, 0.25) is 0 Å². The molecule has 3 nitrogen and oxygen atoms in total. The Morgan fingerprint density at radius 2 is 2.16 bits per heavy atom. The van der Waals surface area contributed by atoms with Gasteiger partial charge in [0, 0.05) is 11.6 Å². The highest BCUT2D eigenvalue weighted by Crippen LogP contribution is 2.21. The van der Waals surface area contributed by atoms with Crippen LogP contribution in [0, 0.1) is 0 Å². The van der Waals surface area contributed by atoms with Crippen molar-refractivity contribution < 1.29 is 0 Å². The summed E-state index contributed by atoms with van der Waals surface area (Å²) >= 11 is 1.71. The van der Waals surface area contributed by atoms with Gasteiger partial charge in [-0.2, -0.15) is 11.3 Å². The molecule has 0 aliphatic carbocycles. The van der Waals surface area contributed by atoms with E-state index in [1.165, 1.54) is 5.56 Å². The van der Waals surface area contributed by atoms with Gasteiger partial charge in [0.25, 0.3) is 0 Å². The Morgan fingerprint density at radius 3 is 2.95 bits per heavy atom. The number of nitrogens with zero attached hydrogens (tertiary/aromatic N) is 1. The van der Waals surface area contributed by atoms with Crippen molar-refractivity contribution in [2.24, 2.45) is 5.84 Å². The number of aromatic nitrogens is 1. The van der Waals surface area contributed by atoms with Crippen LogP contribution in [0.5, 0.6) is 0 Å². The molecular weight excluding hydrogens is 254 g/mol. The SMILES string of the molecule is NNC(Cc1ccsc1)c1cnc2ccccc2c1. The second-order valence-electron chi connectivity index (χ2n) is 4.52. The monoisotopic (exact) mass is 269 g/mol. The highest BCUT2D eigenvalue weighted by molar-refractivity contribution is 7.07. The van der Waals surface area contributed by atoms with E-state index < -0.39 is 0 Å². The molecule has 2 aromatic heterocycles. The van der Waals surface area contributed by atoms with Crippen molar-refractivity contribution in [3.63, 3.8) is 0 Å². The Bertz CT molecular complexity index is 664. The van der Waals surface area contributed by atoms with Crippen LogP contribution in [-0.4, -0.2) is 4.98 Å². The zero-order valence-electron chi connectivity index (χ0n) is 10.4. The zero-order chi connectivity index (χ0) is 13.1. The summed E-state index contributed by atoms with van der Waals surface area (Å²) in [5.41, 5.74) is 6.31. The van der Waals surface area contributed by atoms with E-state index in [1.807, 2.05) is 24.4 Å². The van der Waals surface area contributed by atoms with Gasteiger partial charge >= 0.3 is 0 Å². The molecule has 1 aromatic carbocycles. The van der Waals surface area contributed by atoms with Gasteiger partial charge < -0.3 is 0 Å². The minimum Gasteiger partial charge on any atom is -0.271 e. The molecule has 0 spiro atoms. The fraction of sp³-hybridized carbons (Fsp3) is 0.133. The molecule has 0 aliphatic heterocycles. The smallest absolute Gasteiger partial charge is 0.0702 e. The van der Waals surface area contributed by atoms with Gasteiger partial charge in [0.15, 0.2) is 0 Å². The van der Waals surface area contributed by atoms with Crippen molar-refractivity contribution in [3.8, 4) is 0 Å². The number of thiophene rings is 1. The fourth-order valence-electron chi connectivity index (χ4n) is 2.20. The molecule has 3 rings (SSSR count). The number of rotatable bonds is 4. The lowest BCUT2D eigenvalue weighted by molar-refractivity contribution is 0.552. The topological polar surface area (TPSA) is 50.9 Å². The second-order valence-corrected chi connectivity index (χ2v) is 5.30. The van der Waals surface area contributed by atoms with Crippen molar-refractivity contribution in [1.82, 2.24) is 10.4 Å². The predicted molar refractivity (Wildman–Crippen MR) is 79.8 cm³/mol. The fourth-order valence-corrected chi connectivity index (χ4v) is 2.88. The highest BCUT2D eigenvalue weighted by Gasteiger charge is 2.12. The van der Waals surface area contributed by atoms with Gasteiger partial charge in [-0.3, -0.25) is 16.3 Å². The van der Waals surface area contributed by atoms with E-state index in [0.717, 1.165) is 22.9 Å². The molecule has 4 heteroatoms. The number of hydrogen-bond acceptors (Lipinski definition) is 4. The Morgan fingerprint density at radius 1 is 1.26 bits per heavy atom. The van der Waals surface area contributed by atoms with Crippen LogP contribution in [0.3, 0.4) is 0 Å². The maximum absolute atomic E-state index is 5.69. The standard InChI is InChI=1S/C15H15N3S/c16-18-15(7-11-5-6-19-10-11)13-8-12-3-1-2-4-14(12)17-9-13/h1-6,8-10,15,18H,7,16H2. The summed E-state index contributed by atoms with van der Waals surface area (Å²) in [4.78, 5) is 4.49. The summed E-state index contributed by atoms with van der Waals surface area (Å²) in [5, 5.41) is 5.38. The Kier molecular flexibility index (Phi) is 3.55. The van der Waals surface area contributed by atoms with Crippen LogP contribution in [-0.2, 0) is 6.42 Å². The molecule has 0 radical (unpaired) electrons. The molecule has 0 fully saturated rings. The Hall–Kier alpha value is -1.75. The average molecular weight is 269 g/mol. The lowest BCUT2D eigenvalue weighted by atomic mass is 10.0. The van der Waals surface area contributed by atoms with Crippen LogP contribution < -0.4 is 11.3 Å². The van der Waals surface area contributed by atoms with E-state index in [4.69, 9.17) is 5.84 Å². The van der Waals surface area contributed by atoms with Crippen LogP contribution in [0.25, 0.3) is 10.9 Å². The van der Waals surface area contributed by atoms with Gasteiger partial charge in [0.1, 0.15) is 0 Å². The summed E-state index contributed by atoms with van der Waals surface area (Å²) in [7, 11) is 0. The summed E-state index contributed by atoms with van der Waals surface area (Å²) < 4.78 is 0. The number of hydrazine groups is 1. The maximum Gasteiger partial charge on any atom is 0.0702 e. The zero-order valence-corrected chi connectivity index (χ0v) is 11.2. The van der Waals surface area contributed by atoms with Gasteiger partial charge in [-0.05, 0) is 46.5 Å². The first kappa shape index (κ1) is 12.3. The van der Waals surface area contributed by atoms with E-state index in [0.29, 0.717) is 0 Å². The quantitative estimate of drug-likeness (QED) is 0.565. The van der Waals surface area contributed by atoms with Gasteiger partial charge in [-0.15, -0.1) is 0 Å². The normalized spacial score (nSPS) is 12.7. The van der Waals surface area contributed by atoms with Crippen LogP contribution >= 0.6 is 11.3 Å². The predicted octanol–water partition coefficient (Wildman–Crippen LogP) is 3.04. The molecule has 3 N–H and O–H groups in total. The molecule has 3 aromatic rings. The summed E-state index contributed by atoms with van der Waals surface area (Å²) in [5.74, 6) is 5.69. The van der Waals surface area contributed by atoms with Gasteiger partial charge in [0.2, 0.25) is 0 Å². The molecule has 2 heterocycles. The minimum atomic E-state index is 0.0895. The third kappa shape index (κ3) is 2.66.